The van der Waals surface area contributed by atoms with Crippen LogP contribution in [-0.2, 0) is 6.42 Å². The highest BCUT2D eigenvalue weighted by Crippen LogP contribution is 2.44. The number of terminal acetylenes is 1. The third-order valence-corrected chi connectivity index (χ3v) is 13.6. The molecule has 4 heterocycles. The molecule has 0 atom stereocenters. The van der Waals surface area contributed by atoms with Crippen molar-refractivity contribution < 1.29 is 0 Å². The Labute approximate surface area is 376 Å². The first-order valence-corrected chi connectivity index (χ1v) is 22.3. The first-order valence-electron chi connectivity index (χ1n) is 22.3. The van der Waals surface area contributed by atoms with Crippen LogP contribution in [0, 0.1) is 31.4 Å². The molecule has 1 aliphatic carbocycles. The number of allylic oxidation sites excluding steroid dienone is 2. The predicted octanol–water partition coefficient (Wildman–Crippen LogP) is 15.0. The molecule has 0 unspecified atom stereocenters. The molecule has 0 N–H and O–H groups in total. The minimum absolute atomic E-state index is 0.946. The van der Waals surface area contributed by atoms with Gasteiger partial charge in [0.1, 0.15) is 0 Å². The molecule has 0 radical (unpaired) electrons. The highest BCUT2D eigenvalue weighted by atomic mass is 15.0. The minimum Gasteiger partial charge on any atom is -0.312 e. The fraction of sp³-hybridized carbons (Fsp3) is 0.0492. The monoisotopic (exact) mass is 828 g/mol. The van der Waals surface area contributed by atoms with Gasteiger partial charge in [0.15, 0.2) is 0 Å². The van der Waals surface area contributed by atoms with Gasteiger partial charge in [-0.15, -0.1) is 6.42 Å². The maximum absolute atomic E-state index is 5.75. The van der Waals surface area contributed by atoms with Gasteiger partial charge in [-0.3, -0.25) is 0 Å². The van der Waals surface area contributed by atoms with E-state index in [4.69, 9.17) is 6.42 Å². The van der Waals surface area contributed by atoms with Gasteiger partial charge in [-0.25, -0.2) is 0 Å². The van der Waals surface area contributed by atoms with Crippen molar-refractivity contribution in [3.05, 3.63) is 217 Å². The molecular formula is C61H40N4. The summed E-state index contributed by atoms with van der Waals surface area (Å²) in [5.74, 6) is 2.71. The van der Waals surface area contributed by atoms with E-state index >= 15 is 0 Å². The lowest BCUT2D eigenvalue weighted by molar-refractivity contribution is 0.889. The van der Waals surface area contributed by atoms with Crippen molar-refractivity contribution in [2.45, 2.75) is 19.8 Å². The third-order valence-electron chi connectivity index (χ3n) is 13.6. The molecular weight excluding hydrogens is 789 g/mol. The van der Waals surface area contributed by atoms with Gasteiger partial charge in [0.2, 0.25) is 0 Å². The second-order valence-electron chi connectivity index (χ2n) is 17.0. The standard InChI is InChI=1S/C61H40N4/c1-3-4-28-52-40(2)43-22-8-14-29-53(43)63(52)42-35-36-59-49(37-42)46-25-12-18-33-57(46)64(59)55-31-16-9-23-44(55)45-24-10-17-32-56(45)65-58-34-19-13-27-48(58)51-38-50-47-26-11-15-30-54(47)62(60(50)39-61(51)65)41-20-6-5-7-21-41/h1,4-8,10-18,20-22,24-33,35-39H,19,34H2,2H3/b28-4-. The molecule has 65 heavy (non-hydrogen) atoms. The van der Waals surface area contributed by atoms with E-state index in [1.807, 2.05) is 6.07 Å². The molecule has 1 aliphatic rings. The van der Waals surface area contributed by atoms with Crippen molar-refractivity contribution in [1.82, 2.24) is 18.3 Å². The quantitative estimate of drug-likeness (QED) is 0.149. The Kier molecular flexibility index (Phi) is 8.19. The molecule has 0 amide bonds. The fourth-order valence-electron chi connectivity index (χ4n) is 10.8. The van der Waals surface area contributed by atoms with Crippen LogP contribution in [0.2, 0.25) is 0 Å². The Bertz CT molecular complexity index is 4020. The zero-order valence-corrected chi connectivity index (χ0v) is 35.8. The van der Waals surface area contributed by atoms with Crippen LogP contribution in [-0.4, -0.2) is 18.3 Å². The Morgan fingerprint density at radius 3 is 2.00 bits per heavy atom. The van der Waals surface area contributed by atoms with Crippen LogP contribution < -0.4 is 0 Å². The molecule has 8 aromatic carbocycles. The van der Waals surface area contributed by atoms with Gasteiger partial charge < -0.3 is 18.3 Å². The number of aromatic nitrogens is 4. The highest BCUT2D eigenvalue weighted by molar-refractivity contribution is 6.15. The molecule has 0 aliphatic heterocycles. The number of fused-ring (bicyclic) bond motifs is 10. The van der Waals surface area contributed by atoms with E-state index in [-0.39, 0.29) is 0 Å². The van der Waals surface area contributed by atoms with E-state index in [1.54, 1.807) is 6.08 Å². The smallest absolute Gasteiger partial charge is 0.0632 e. The fourth-order valence-corrected chi connectivity index (χ4v) is 10.8. The normalized spacial score (nSPS) is 12.6. The Morgan fingerprint density at radius 2 is 1.20 bits per heavy atom. The summed E-state index contributed by atoms with van der Waals surface area (Å²) in [6, 6.07) is 68.7. The van der Waals surface area contributed by atoms with Crippen LogP contribution in [0.5, 0.6) is 0 Å². The topological polar surface area (TPSA) is 19.7 Å². The molecule has 0 saturated carbocycles. The van der Waals surface area contributed by atoms with Gasteiger partial charge in [-0.05, 0) is 116 Å². The molecule has 304 valence electrons. The van der Waals surface area contributed by atoms with Crippen LogP contribution in [0.1, 0.15) is 28.9 Å². The zero-order valence-electron chi connectivity index (χ0n) is 35.8. The molecule has 0 fully saturated rings. The summed E-state index contributed by atoms with van der Waals surface area (Å²) in [6.07, 6.45) is 16.2. The number of rotatable bonds is 6. The number of aryl methyl sites for hydroxylation is 1. The summed E-state index contributed by atoms with van der Waals surface area (Å²) in [7, 11) is 0. The van der Waals surface area contributed by atoms with E-state index in [1.165, 1.54) is 65.7 Å². The van der Waals surface area contributed by atoms with Crippen molar-refractivity contribution >= 4 is 77.6 Å². The molecule has 4 heteroatoms. The van der Waals surface area contributed by atoms with Gasteiger partial charge in [0.05, 0.1) is 55.7 Å². The average molecular weight is 829 g/mol. The van der Waals surface area contributed by atoms with Gasteiger partial charge in [0.25, 0.3) is 0 Å². The highest BCUT2D eigenvalue weighted by Gasteiger charge is 2.25. The lowest BCUT2D eigenvalue weighted by atomic mass is 10.0. The Balaban J connectivity index is 1.05. The number of nitrogens with zero attached hydrogens (tertiary/aromatic N) is 4. The molecule has 4 aromatic heterocycles. The summed E-state index contributed by atoms with van der Waals surface area (Å²) in [5, 5.41) is 7.34. The van der Waals surface area contributed by atoms with Gasteiger partial charge in [0, 0.05) is 60.5 Å². The van der Waals surface area contributed by atoms with Crippen molar-refractivity contribution in [3.8, 4) is 46.2 Å². The molecule has 13 rings (SSSR count). The van der Waals surface area contributed by atoms with E-state index < -0.39 is 0 Å². The molecule has 0 bridgehead atoms. The maximum Gasteiger partial charge on any atom is 0.0632 e. The predicted molar refractivity (Wildman–Crippen MR) is 272 cm³/mol. The van der Waals surface area contributed by atoms with Crippen LogP contribution >= 0.6 is 0 Å². The second kappa shape index (κ2) is 14.4. The average Bonchev–Trinajstić information content (AvgIpc) is 4.07. The lowest BCUT2D eigenvalue weighted by Gasteiger charge is -2.19. The summed E-state index contributed by atoms with van der Waals surface area (Å²) >= 11 is 0. The largest absolute Gasteiger partial charge is 0.312 e. The van der Waals surface area contributed by atoms with E-state index in [0.717, 1.165) is 69.0 Å². The minimum atomic E-state index is 0.946. The lowest BCUT2D eigenvalue weighted by Crippen LogP contribution is -2.05. The van der Waals surface area contributed by atoms with Crippen molar-refractivity contribution in [1.29, 1.82) is 0 Å². The van der Waals surface area contributed by atoms with Gasteiger partial charge in [-0.1, -0.05) is 121 Å². The molecule has 0 saturated heterocycles. The number of para-hydroxylation sites is 5. The van der Waals surface area contributed by atoms with Crippen molar-refractivity contribution in [3.63, 3.8) is 0 Å². The number of hydrogen-bond acceptors (Lipinski definition) is 0. The first kappa shape index (κ1) is 36.9. The molecule has 12 aromatic rings. The van der Waals surface area contributed by atoms with E-state index in [0.29, 0.717) is 0 Å². The first-order chi connectivity index (χ1) is 32.2. The summed E-state index contributed by atoms with van der Waals surface area (Å²) in [4.78, 5) is 0. The van der Waals surface area contributed by atoms with Crippen LogP contribution in [0.4, 0.5) is 0 Å². The zero-order chi connectivity index (χ0) is 43.2. The summed E-state index contributed by atoms with van der Waals surface area (Å²) < 4.78 is 9.70. The second-order valence-corrected chi connectivity index (χ2v) is 17.0. The van der Waals surface area contributed by atoms with E-state index in [2.05, 4.69) is 225 Å². The SMILES string of the molecule is C#C/C=C\c1c(C)c2ccccc2n1-c1ccc2c(c1)c1ccccc1n2-c1ccc#cc1-c1ccccc1-n1c2c(c3cc4c5ccccc5n(-c5ccccc5)c4cc31)C=CCC2. The van der Waals surface area contributed by atoms with E-state index in [9.17, 15) is 0 Å². The van der Waals surface area contributed by atoms with Crippen molar-refractivity contribution in [2.75, 3.05) is 0 Å². The number of hydrogen-bond donors (Lipinski definition) is 0. The molecule has 4 nitrogen and oxygen atoms in total. The van der Waals surface area contributed by atoms with Crippen LogP contribution in [0.15, 0.2) is 182 Å². The third kappa shape index (κ3) is 5.42. The summed E-state index contributed by atoms with van der Waals surface area (Å²) in [5.41, 5.74) is 18.4. The van der Waals surface area contributed by atoms with Crippen LogP contribution in [0.25, 0.3) is 111 Å². The summed E-state index contributed by atoms with van der Waals surface area (Å²) in [6.45, 7) is 2.18. The Hall–Kier alpha value is -8.70. The van der Waals surface area contributed by atoms with Gasteiger partial charge >= 0.3 is 0 Å². The van der Waals surface area contributed by atoms with Gasteiger partial charge in [-0.2, -0.15) is 0 Å². The van der Waals surface area contributed by atoms with Crippen molar-refractivity contribution in [2.24, 2.45) is 0 Å². The Morgan fingerprint density at radius 1 is 0.538 bits per heavy atom. The molecule has 0 spiro atoms. The maximum atomic E-state index is 5.75. The van der Waals surface area contributed by atoms with Crippen LogP contribution in [0.3, 0.4) is 0 Å². The number of benzene rings is 7.